The van der Waals surface area contributed by atoms with Crippen LogP contribution in [0.1, 0.15) is 18.1 Å². The van der Waals surface area contributed by atoms with Gasteiger partial charge in [-0.15, -0.1) is 0 Å². The summed E-state index contributed by atoms with van der Waals surface area (Å²) in [6.45, 7) is 2.03. The first-order valence-electron chi connectivity index (χ1n) is 7.45. The van der Waals surface area contributed by atoms with Gasteiger partial charge < -0.3 is 10.4 Å². The lowest BCUT2D eigenvalue weighted by atomic mass is 10.1. The van der Waals surface area contributed by atoms with Gasteiger partial charge in [0.15, 0.2) is 5.11 Å². The van der Waals surface area contributed by atoms with Gasteiger partial charge in [-0.1, -0.05) is 42.8 Å². The number of benzene rings is 2. The second-order valence-electron chi connectivity index (χ2n) is 5.32. The van der Waals surface area contributed by atoms with Gasteiger partial charge in [0.25, 0.3) is 5.91 Å². The van der Waals surface area contributed by atoms with Gasteiger partial charge in [-0.05, 0) is 54.0 Å². The van der Waals surface area contributed by atoms with E-state index in [1.807, 2.05) is 31.2 Å². The number of aryl methyl sites for hydroxylation is 1. The van der Waals surface area contributed by atoms with Crippen LogP contribution in [0.3, 0.4) is 0 Å². The summed E-state index contributed by atoms with van der Waals surface area (Å²) in [5.74, 6) is -0.219. The molecule has 0 aromatic heterocycles. The summed E-state index contributed by atoms with van der Waals surface area (Å²) in [7, 11) is 0. The van der Waals surface area contributed by atoms with Crippen molar-refractivity contribution in [2.45, 2.75) is 13.3 Å². The predicted molar refractivity (Wildman–Crippen MR) is 100 cm³/mol. The van der Waals surface area contributed by atoms with Gasteiger partial charge in [0, 0.05) is 0 Å². The van der Waals surface area contributed by atoms with E-state index in [2.05, 4.69) is 5.32 Å². The predicted octanol–water partition coefficient (Wildman–Crippen LogP) is 3.87. The van der Waals surface area contributed by atoms with Gasteiger partial charge in [0.2, 0.25) is 0 Å². The topological polar surface area (TPSA) is 52.6 Å². The lowest BCUT2D eigenvalue weighted by molar-refractivity contribution is -0.113. The highest BCUT2D eigenvalue weighted by Gasteiger charge is 2.32. The van der Waals surface area contributed by atoms with E-state index in [-0.39, 0.29) is 16.7 Å². The van der Waals surface area contributed by atoms with Crippen molar-refractivity contribution in [2.24, 2.45) is 0 Å². The third kappa shape index (κ3) is 3.00. The molecule has 1 fully saturated rings. The number of amides is 1. The first-order valence-corrected chi connectivity index (χ1v) is 8.23. The van der Waals surface area contributed by atoms with E-state index in [1.165, 1.54) is 11.0 Å². The second kappa shape index (κ2) is 6.63. The Kier molecular flexibility index (Phi) is 4.55. The van der Waals surface area contributed by atoms with Crippen LogP contribution in [0, 0.1) is 0 Å². The molecule has 1 aliphatic rings. The average molecular weight is 359 g/mol. The molecule has 1 amide bonds. The Labute approximate surface area is 150 Å². The maximum Gasteiger partial charge on any atom is 0.281 e. The van der Waals surface area contributed by atoms with Gasteiger partial charge in [0.05, 0.1) is 10.7 Å². The molecule has 0 aliphatic carbocycles. The number of anilines is 1. The fourth-order valence-electron chi connectivity index (χ4n) is 2.56. The number of hydrogen-bond donors (Lipinski definition) is 2. The molecule has 0 saturated carbocycles. The molecule has 6 heteroatoms. The van der Waals surface area contributed by atoms with Crippen LogP contribution < -0.4 is 10.2 Å². The molecule has 1 aliphatic heterocycles. The van der Waals surface area contributed by atoms with Crippen LogP contribution in [0.25, 0.3) is 6.08 Å². The van der Waals surface area contributed by atoms with E-state index < -0.39 is 0 Å². The van der Waals surface area contributed by atoms with Crippen LogP contribution in [0.2, 0.25) is 5.02 Å². The third-order valence-corrected chi connectivity index (χ3v) is 4.36. The minimum absolute atomic E-state index is 0.00135. The van der Waals surface area contributed by atoms with Crippen LogP contribution in [-0.2, 0) is 11.2 Å². The molecule has 4 nitrogen and oxygen atoms in total. The Bertz CT molecular complexity index is 864. The molecule has 3 rings (SSSR count). The lowest BCUT2D eigenvalue weighted by Crippen LogP contribution is -2.31. The second-order valence-corrected chi connectivity index (χ2v) is 6.12. The molecule has 2 aromatic carbocycles. The quantitative estimate of drug-likeness (QED) is 0.646. The number of nitrogens with one attached hydrogen (secondary N) is 1. The number of rotatable bonds is 3. The van der Waals surface area contributed by atoms with E-state index in [9.17, 15) is 9.90 Å². The summed E-state index contributed by atoms with van der Waals surface area (Å²) in [6, 6.07) is 12.4. The molecular formula is C18H15ClN2O2S. The van der Waals surface area contributed by atoms with E-state index in [1.54, 1.807) is 18.2 Å². The van der Waals surface area contributed by atoms with Crippen molar-refractivity contribution in [1.82, 2.24) is 5.32 Å². The highest BCUT2D eigenvalue weighted by molar-refractivity contribution is 7.80. The van der Waals surface area contributed by atoms with E-state index in [4.69, 9.17) is 23.8 Å². The first-order chi connectivity index (χ1) is 11.5. The molecule has 1 saturated heterocycles. The Hall–Kier alpha value is -2.37. The molecule has 0 bridgehead atoms. The van der Waals surface area contributed by atoms with Gasteiger partial charge in [-0.2, -0.15) is 0 Å². The number of nitrogens with zero attached hydrogens (tertiary/aromatic N) is 1. The zero-order chi connectivity index (χ0) is 17.3. The van der Waals surface area contributed by atoms with Crippen molar-refractivity contribution in [1.29, 1.82) is 0 Å². The van der Waals surface area contributed by atoms with Crippen LogP contribution in [0.5, 0.6) is 5.75 Å². The van der Waals surface area contributed by atoms with Gasteiger partial charge in [-0.3, -0.25) is 9.69 Å². The summed E-state index contributed by atoms with van der Waals surface area (Å²) < 4.78 is 0. The zero-order valence-electron chi connectivity index (χ0n) is 12.9. The smallest absolute Gasteiger partial charge is 0.281 e. The fraction of sp³-hybridized carbons (Fsp3) is 0.111. The molecule has 0 atom stereocenters. The van der Waals surface area contributed by atoms with Crippen LogP contribution in [0.15, 0.2) is 48.2 Å². The number of carbonyl (C=O) groups is 1. The van der Waals surface area contributed by atoms with Crippen molar-refractivity contribution in [3.05, 3.63) is 64.3 Å². The molecule has 2 aromatic rings. The molecule has 24 heavy (non-hydrogen) atoms. The molecular weight excluding hydrogens is 344 g/mol. The van der Waals surface area contributed by atoms with Gasteiger partial charge >= 0.3 is 0 Å². The van der Waals surface area contributed by atoms with Crippen LogP contribution in [-0.4, -0.2) is 16.1 Å². The Morgan fingerprint density at radius 3 is 2.75 bits per heavy atom. The minimum Gasteiger partial charge on any atom is -0.506 e. The van der Waals surface area contributed by atoms with Crippen LogP contribution >= 0.6 is 23.8 Å². The Balaban J connectivity index is 1.97. The maximum absolute atomic E-state index is 12.8. The number of halogens is 1. The van der Waals surface area contributed by atoms with Crippen molar-refractivity contribution in [3.63, 3.8) is 0 Å². The normalized spacial score (nSPS) is 15.9. The molecule has 0 radical (unpaired) electrons. The largest absolute Gasteiger partial charge is 0.506 e. The molecule has 2 N–H and O–H groups in total. The molecule has 1 heterocycles. The summed E-state index contributed by atoms with van der Waals surface area (Å²) in [5.41, 5.74) is 2.90. The van der Waals surface area contributed by atoms with E-state index in [0.717, 1.165) is 17.7 Å². The number of carbonyl (C=O) groups excluding carboxylic acids is 1. The van der Waals surface area contributed by atoms with Gasteiger partial charge in [-0.25, -0.2) is 0 Å². The zero-order valence-corrected chi connectivity index (χ0v) is 14.5. The Morgan fingerprint density at radius 1 is 1.29 bits per heavy atom. The van der Waals surface area contributed by atoms with E-state index in [0.29, 0.717) is 16.4 Å². The number of thiocarbonyl (C=S) groups is 1. The number of para-hydroxylation sites is 1. The Morgan fingerprint density at radius 2 is 2.04 bits per heavy atom. The van der Waals surface area contributed by atoms with Crippen molar-refractivity contribution in [3.8, 4) is 5.75 Å². The van der Waals surface area contributed by atoms with Crippen molar-refractivity contribution in [2.75, 3.05) is 4.90 Å². The van der Waals surface area contributed by atoms with Crippen molar-refractivity contribution >= 4 is 46.6 Å². The molecule has 122 valence electrons. The molecule has 0 unspecified atom stereocenters. The highest BCUT2D eigenvalue weighted by atomic mass is 35.5. The standard InChI is InChI=1S/C18H15ClN2O2S/c1-2-12-5-3-4-6-15(12)21-17(23)14(20-18(21)24)10-11-7-8-16(22)13(19)9-11/h3-10,22H,2H2,1H3,(H,20,24)/b14-10-. The monoisotopic (exact) mass is 358 g/mol. The SMILES string of the molecule is CCc1ccccc1N1C(=O)/C(=C/c2ccc(O)c(Cl)c2)NC1=S. The molecule has 0 spiro atoms. The maximum atomic E-state index is 12.8. The summed E-state index contributed by atoms with van der Waals surface area (Å²) in [5, 5.41) is 13.0. The average Bonchev–Trinajstić information content (AvgIpc) is 2.85. The number of aromatic hydroxyl groups is 1. The van der Waals surface area contributed by atoms with Crippen molar-refractivity contribution < 1.29 is 9.90 Å². The number of hydrogen-bond acceptors (Lipinski definition) is 3. The third-order valence-electron chi connectivity index (χ3n) is 3.77. The highest BCUT2D eigenvalue weighted by Crippen LogP contribution is 2.28. The fourth-order valence-corrected chi connectivity index (χ4v) is 3.04. The number of phenols is 1. The summed E-state index contributed by atoms with van der Waals surface area (Å²) in [6.07, 6.45) is 2.46. The van der Waals surface area contributed by atoms with Gasteiger partial charge in [0.1, 0.15) is 11.4 Å². The summed E-state index contributed by atoms with van der Waals surface area (Å²) >= 11 is 11.2. The first kappa shape index (κ1) is 16.5. The van der Waals surface area contributed by atoms with Crippen LogP contribution in [0.4, 0.5) is 5.69 Å². The van der Waals surface area contributed by atoms with E-state index >= 15 is 0 Å². The summed E-state index contributed by atoms with van der Waals surface area (Å²) in [4.78, 5) is 14.3. The number of phenolic OH excluding ortho intramolecular Hbond substituents is 1. The lowest BCUT2D eigenvalue weighted by Gasteiger charge is -2.17. The minimum atomic E-state index is -0.218.